The number of anilines is 1. The van der Waals surface area contributed by atoms with Gasteiger partial charge in [0.1, 0.15) is 0 Å². The molecule has 0 spiro atoms. The van der Waals surface area contributed by atoms with Gasteiger partial charge in [-0.1, -0.05) is 52.2 Å². The molecule has 0 radical (unpaired) electrons. The second-order valence-electron chi connectivity index (χ2n) is 6.79. The van der Waals surface area contributed by atoms with Crippen molar-refractivity contribution in [3.63, 3.8) is 0 Å². The first-order chi connectivity index (χ1) is 9.44. The van der Waals surface area contributed by atoms with Crippen molar-refractivity contribution in [2.24, 2.45) is 5.41 Å². The van der Waals surface area contributed by atoms with Crippen LogP contribution < -0.4 is 10.2 Å². The van der Waals surface area contributed by atoms with Gasteiger partial charge in [0.25, 0.3) is 0 Å². The molecule has 0 aliphatic carbocycles. The van der Waals surface area contributed by atoms with Crippen molar-refractivity contribution in [1.29, 1.82) is 0 Å². The van der Waals surface area contributed by atoms with Crippen LogP contribution in [0.3, 0.4) is 0 Å². The van der Waals surface area contributed by atoms with Crippen LogP contribution in [0.2, 0.25) is 0 Å². The predicted molar refractivity (Wildman–Crippen MR) is 90.4 cm³/mol. The third-order valence-corrected chi connectivity index (χ3v) is 3.84. The summed E-state index contributed by atoms with van der Waals surface area (Å²) in [4.78, 5) is 2.13. The zero-order valence-corrected chi connectivity index (χ0v) is 14.0. The zero-order valence-electron chi connectivity index (χ0n) is 14.0. The lowest BCUT2D eigenvalue weighted by molar-refractivity contribution is 0.302. The van der Waals surface area contributed by atoms with Crippen LogP contribution in [0, 0.1) is 5.41 Å². The molecule has 0 saturated carbocycles. The van der Waals surface area contributed by atoms with Gasteiger partial charge in [0.05, 0.1) is 0 Å². The highest BCUT2D eigenvalue weighted by Gasteiger charge is 2.16. The molecule has 1 rings (SSSR count). The van der Waals surface area contributed by atoms with E-state index in [2.05, 4.69) is 69.3 Å². The third kappa shape index (κ3) is 6.42. The second kappa shape index (κ2) is 8.31. The molecule has 0 aromatic heterocycles. The number of benzene rings is 1. The van der Waals surface area contributed by atoms with Gasteiger partial charge in [-0.25, -0.2) is 0 Å². The average Bonchev–Trinajstić information content (AvgIpc) is 2.39. The summed E-state index contributed by atoms with van der Waals surface area (Å²) in [5.74, 6) is 0. The first-order valence-electron chi connectivity index (χ1n) is 7.91. The normalized spacial score (nSPS) is 11.7. The lowest BCUT2D eigenvalue weighted by atomic mass is 9.87. The first-order valence-corrected chi connectivity index (χ1v) is 7.91. The Labute approximate surface area is 125 Å². The molecule has 0 amide bonds. The highest BCUT2D eigenvalue weighted by molar-refractivity contribution is 5.45. The van der Waals surface area contributed by atoms with E-state index in [1.165, 1.54) is 36.9 Å². The monoisotopic (exact) mass is 276 g/mol. The molecule has 0 fully saturated rings. The fourth-order valence-corrected chi connectivity index (χ4v) is 2.40. The predicted octanol–water partition coefficient (Wildman–Crippen LogP) is 4.45. The van der Waals surface area contributed by atoms with Gasteiger partial charge in [-0.3, -0.25) is 0 Å². The smallest absolute Gasteiger partial charge is 0.0361 e. The van der Waals surface area contributed by atoms with E-state index < -0.39 is 0 Å². The minimum Gasteiger partial charge on any atom is -0.378 e. The summed E-state index contributed by atoms with van der Waals surface area (Å²) in [5.41, 5.74) is 3.02. The van der Waals surface area contributed by atoms with Crippen molar-refractivity contribution >= 4 is 5.69 Å². The highest BCUT2D eigenvalue weighted by atomic mass is 15.1. The number of hydrogen-bond donors (Lipinski definition) is 1. The van der Waals surface area contributed by atoms with Crippen molar-refractivity contribution in [1.82, 2.24) is 5.32 Å². The molecule has 20 heavy (non-hydrogen) atoms. The largest absolute Gasteiger partial charge is 0.378 e. The van der Waals surface area contributed by atoms with Crippen molar-refractivity contribution in [2.45, 2.75) is 53.0 Å². The average molecular weight is 276 g/mol. The Balaban J connectivity index is 2.32. The van der Waals surface area contributed by atoms with Crippen molar-refractivity contribution in [3.05, 3.63) is 29.8 Å². The topological polar surface area (TPSA) is 15.3 Å². The quantitative estimate of drug-likeness (QED) is 0.670. The lowest BCUT2D eigenvalue weighted by Gasteiger charge is -2.25. The van der Waals surface area contributed by atoms with Crippen LogP contribution in [-0.4, -0.2) is 20.6 Å². The van der Waals surface area contributed by atoms with Gasteiger partial charge in [-0.15, -0.1) is 0 Å². The van der Waals surface area contributed by atoms with Crippen LogP contribution in [0.15, 0.2) is 24.3 Å². The summed E-state index contributed by atoms with van der Waals surface area (Å²) >= 11 is 0. The number of nitrogens with one attached hydrogen (secondary N) is 1. The molecule has 0 unspecified atom stereocenters. The highest BCUT2D eigenvalue weighted by Crippen LogP contribution is 2.22. The van der Waals surface area contributed by atoms with E-state index in [1.807, 2.05) is 0 Å². The SMILES string of the molecule is CCCCCC(C)(C)CNCc1ccc(N(C)C)cc1. The number of hydrogen-bond acceptors (Lipinski definition) is 2. The third-order valence-electron chi connectivity index (χ3n) is 3.84. The molecule has 1 aromatic rings. The van der Waals surface area contributed by atoms with Gasteiger partial charge in [-0.05, 0) is 29.5 Å². The van der Waals surface area contributed by atoms with E-state index in [4.69, 9.17) is 0 Å². The molecular weight excluding hydrogens is 244 g/mol. The van der Waals surface area contributed by atoms with E-state index in [1.54, 1.807) is 0 Å². The zero-order chi connectivity index (χ0) is 15.0. The summed E-state index contributed by atoms with van der Waals surface area (Å²) < 4.78 is 0. The van der Waals surface area contributed by atoms with E-state index in [9.17, 15) is 0 Å². The molecule has 1 N–H and O–H groups in total. The van der Waals surface area contributed by atoms with Crippen LogP contribution in [0.5, 0.6) is 0 Å². The van der Waals surface area contributed by atoms with Crippen LogP contribution >= 0.6 is 0 Å². The van der Waals surface area contributed by atoms with E-state index in [0.717, 1.165) is 13.1 Å². The molecule has 0 heterocycles. The molecule has 0 aliphatic rings. The Morgan fingerprint density at radius 2 is 1.70 bits per heavy atom. The minimum absolute atomic E-state index is 0.402. The van der Waals surface area contributed by atoms with Gasteiger partial charge in [0.2, 0.25) is 0 Å². The van der Waals surface area contributed by atoms with Gasteiger partial charge in [0, 0.05) is 32.9 Å². The van der Waals surface area contributed by atoms with E-state index in [0.29, 0.717) is 5.41 Å². The van der Waals surface area contributed by atoms with Gasteiger partial charge >= 0.3 is 0 Å². The molecule has 2 heteroatoms. The van der Waals surface area contributed by atoms with Gasteiger partial charge in [-0.2, -0.15) is 0 Å². The summed E-state index contributed by atoms with van der Waals surface area (Å²) in [6.45, 7) is 9.05. The molecule has 0 saturated heterocycles. The summed E-state index contributed by atoms with van der Waals surface area (Å²) in [5, 5.41) is 3.60. The molecule has 0 aliphatic heterocycles. The van der Waals surface area contributed by atoms with Gasteiger partial charge < -0.3 is 10.2 Å². The molecule has 2 nitrogen and oxygen atoms in total. The van der Waals surface area contributed by atoms with Crippen molar-refractivity contribution < 1.29 is 0 Å². The molecular formula is C18H32N2. The lowest BCUT2D eigenvalue weighted by Crippen LogP contribution is -2.29. The number of unbranched alkanes of at least 4 members (excludes halogenated alkanes) is 2. The second-order valence-corrected chi connectivity index (χ2v) is 6.79. The standard InChI is InChI=1S/C18H32N2/c1-6-7-8-13-18(2,3)15-19-14-16-9-11-17(12-10-16)20(4)5/h9-12,19H,6-8,13-15H2,1-5H3. The van der Waals surface area contributed by atoms with Crippen LogP contribution in [0.4, 0.5) is 5.69 Å². The van der Waals surface area contributed by atoms with Crippen molar-refractivity contribution in [2.75, 3.05) is 25.5 Å². The van der Waals surface area contributed by atoms with Crippen LogP contribution in [-0.2, 0) is 6.54 Å². The summed E-state index contributed by atoms with van der Waals surface area (Å²) in [6, 6.07) is 8.80. The Kier molecular flexibility index (Phi) is 7.08. The summed E-state index contributed by atoms with van der Waals surface area (Å²) in [6.07, 6.45) is 5.33. The first kappa shape index (κ1) is 17.0. The van der Waals surface area contributed by atoms with E-state index >= 15 is 0 Å². The molecule has 0 atom stereocenters. The number of nitrogens with zero attached hydrogens (tertiary/aromatic N) is 1. The van der Waals surface area contributed by atoms with E-state index in [-0.39, 0.29) is 0 Å². The Bertz CT molecular complexity index is 366. The maximum Gasteiger partial charge on any atom is 0.0361 e. The van der Waals surface area contributed by atoms with Gasteiger partial charge in [0.15, 0.2) is 0 Å². The van der Waals surface area contributed by atoms with Crippen molar-refractivity contribution in [3.8, 4) is 0 Å². The maximum absolute atomic E-state index is 3.60. The molecule has 1 aromatic carbocycles. The number of rotatable bonds is 9. The van der Waals surface area contributed by atoms with Crippen LogP contribution in [0.1, 0.15) is 52.0 Å². The fraction of sp³-hybridized carbons (Fsp3) is 0.667. The maximum atomic E-state index is 3.60. The Morgan fingerprint density at radius 3 is 2.25 bits per heavy atom. The fourth-order valence-electron chi connectivity index (χ4n) is 2.40. The Hall–Kier alpha value is -1.02. The molecule has 114 valence electrons. The summed E-state index contributed by atoms with van der Waals surface area (Å²) in [7, 11) is 4.15. The molecule has 0 bridgehead atoms. The Morgan fingerprint density at radius 1 is 1.05 bits per heavy atom. The van der Waals surface area contributed by atoms with Crippen LogP contribution in [0.25, 0.3) is 0 Å². The minimum atomic E-state index is 0.402.